The summed E-state index contributed by atoms with van der Waals surface area (Å²) in [7, 11) is 0. The van der Waals surface area contributed by atoms with E-state index < -0.39 is 6.10 Å². The number of hydrogen-bond acceptors (Lipinski definition) is 7. The molecule has 1 aliphatic rings. The van der Waals surface area contributed by atoms with Crippen LogP contribution in [0.5, 0.6) is 0 Å². The summed E-state index contributed by atoms with van der Waals surface area (Å²) in [5, 5.41) is 17.6. The van der Waals surface area contributed by atoms with Crippen LogP contribution in [0.15, 0.2) is 31.0 Å². The van der Waals surface area contributed by atoms with Crippen molar-refractivity contribution in [1.82, 2.24) is 29.5 Å². The van der Waals surface area contributed by atoms with Crippen molar-refractivity contribution in [2.24, 2.45) is 0 Å². The number of aliphatic hydroxyl groups is 1. The average Bonchev–Trinajstić information content (AvgIpc) is 2.98. The molecule has 1 atom stereocenters. The van der Waals surface area contributed by atoms with Gasteiger partial charge in [-0.1, -0.05) is 6.07 Å². The molecule has 2 aromatic heterocycles. The molecule has 2 aromatic rings. The molecule has 0 bridgehead atoms. The molecule has 0 radical (unpaired) electrons. The number of rotatable bonds is 4. The third-order valence-corrected chi connectivity index (χ3v) is 4.04. The summed E-state index contributed by atoms with van der Waals surface area (Å²) in [4.78, 5) is 20.2. The van der Waals surface area contributed by atoms with Crippen LogP contribution in [0, 0.1) is 0 Å². The first-order chi connectivity index (χ1) is 11.6. The molecule has 0 saturated carbocycles. The second-order valence-corrected chi connectivity index (χ2v) is 5.91. The molecule has 3 rings (SSSR count). The highest BCUT2D eigenvalue weighted by Crippen LogP contribution is 2.13. The number of nitrogens with zero attached hydrogens (tertiary/aromatic N) is 6. The van der Waals surface area contributed by atoms with E-state index in [2.05, 4.69) is 20.1 Å². The van der Waals surface area contributed by atoms with Gasteiger partial charge in [-0.3, -0.25) is 9.69 Å². The molecule has 3 heterocycles. The van der Waals surface area contributed by atoms with E-state index in [1.807, 2.05) is 12.1 Å². The molecule has 128 valence electrons. The van der Waals surface area contributed by atoms with Gasteiger partial charge in [-0.05, 0) is 6.07 Å². The van der Waals surface area contributed by atoms with Gasteiger partial charge in [0.05, 0.1) is 6.10 Å². The number of carbonyl (C=O) groups excluding carboxylic acids is 1. The van der Waals surface area contributed by atoms with Crippen LogP contribution >= 0.6 is 0 Å². The van der Waals surface area contributed by atoms with Crippen LogP contribution in [0.25, 0.3) is 0 Å². The summed E-state index contributed by atoms with van der Waals surface area (Å²) in [6.45, 7) is 2.81. The van der Waals surface area contributed by atoms with Gasteiger partial charge in [0, 0.05) is 44.5 Å². The maximum atomic E-state index is 12.4. The molecular weight excluding hydrogens is 310 g/mol. The maximum absolute atomic E-state index is 12.4. The fourth-order valence-electron chi connectivity index (χ4n) is 2.81. The smallest absolute Gasteiger partial charge is 0.242 e. The molecule has 9 nitrogen and oxygen atoms in total. The van der Waals surface area contributed by atoms with E-state index >= 15 is 0 Å². The van der Waals surface area contributed by atoms with Crippen molar-refractivity contribution in [2.45, 2.75) is 19.2 Å². The van der Waals surface area contributed by atoms with E-state index in [1.54, 1.807) is 15.7 Å². The third kappa shape index (κ3) is 4.06. The Morgan fingerprint density at radius 2 is 2.08 bits per heavy atom. The summed E-state index contributed by atoms with van der Waals surface area (Å²) in [5.41, 5.74) is 6.81. The Morgan fingerprint density at radius 3 is 2.83 bits per heavy atom. The SMILES string of the molecule is Nc1ncccc1CN1CCN(C(=O)Cn2cnnc2)C[C@@H](O)C1. The first-order valence-corrected chi connectivity index (χ1v) is 7.82. The van der Waals surface area contributed by atoms with Crippen LogP contribution in [-0.2, 0) is 17.9 Å². The monoisotopic (exact) mass is 331 g/mol. The molecule has 3 N–H and O–H groups in total. The molecule has 0 aromatic carbocycles. The lowest BCUT2D eigenvalue weighted by atomic mass is 10.2. The molecule has 1 fully saturated rings. The lowest BCUT2D eigenvalue weighted by Crippen LogP contribution is -2.39. The number of aliphatic hydroxyl groups excluding tert-OH is 1. The largest absolute Gasteiger partial charge is 0.390 e. The van der Waals surface area contributed by atoms with Crippen LogP contribution in [0.2, 0.25) is 0 Å². The number of nitrogens with two attached hydrogens (primary N) is 1. The van der Waals surface area contributed by atoms with Gasteiger partial charge < -0.3 is 20.3 Å². The molecule has 1 aliphatic heterocycles. The average molecular weight is 331 g/mol. The Morgan fingerprint density at radius 1 is 1.29 bits per heavy atom. The van der Waals surface area contributed by atoms with Crippen LogP contribution in [0.4, 0.5) is 5.82 Å². The van der Waals surface area contributed by atoms with Gasteiger partial charge in [0.2, 0.25) is 5.91 Å². The Labute approximate surface area is 139 Å². The molecule has 24 heavy (non-hydrogen) atoms. The zero-order valence-corrected chi connectivity index (χ0v) is 13.3. The van der Waals surface area contributed by atoms with Gasteiger partial charge >= 0.3 is 0 Å². The number of aromatic nitrogens is 4. The number of nitrogen functional groups attached to an aromatic ring is 1. The van der Waals surface area contributed by atoms with Crippen LogP contribution in [0.1, 0.15) is 5.56 Å². The van der Waals surface area contributed by atoms with Gasteiger partial charge in [0.15, 0.2) is 0 Å². The van der Waals surface area contributed by atoms with Crippen molar-refractivity contribution < 1.29 is 9.90 Å². The maximum Gasteiger partial charge on any atom is 0.242 e. The summed E-state index contributed by atoms with van der Waals surface area (Å²) < 4.78 is 1.62. The van der Waals surface area contributed by atoms with E-state index in [0.29, 0.717) is 38.5 Å². The van der Waals surface area contributed by atoms with Crippen molar-refractivity contribution in [1.29, 1.82) is 0 Å². The van der Waals surface area contributed by atoms with Crippen LogP contribution in [0.3, 0.4) is 0 Å². The van der Waals surface area contributed by atoms with Crippen molar-refractivity contribution in [3.63, 3.8) is 0 Å². The van der Waals surface area contributed by atoms with E-state index in [9.17, 15) is 9.90 Å². The van der Waals surface area contributed by atoms with Gasteiger partial charge in [-0.2, -0.15) is 0 Å². The van der Waals surface area contributed by atoms with Crippen molar-refractivity contribution in [3.8, 4) is 0 Å². The first-order valence-electron chi connectivity index (χ1n) is 7.82. The number of hydrogen-bond donors (Lipinski definition) is 2. The molecule has 1 amide bonds. The minimum atomic E-state index is -0.602. The summed E-state index contributed by atoms with van der Waals surface area (Å²) >= 11 is 0. The first kappa shape index (κ1) is 16.3. The highest BCUT2D eigenvalue weighted by atomic mass is 16.3. The number of pyridine rings is 1. The Kier molecular flexibility index (Phi) is 5.02. The second kappa shape index (κ2) is 7.37. The molecule has 9 heteroatoms. The lowest BCUT2D eigenvalue weighted by molar-refractivity contribution is -0.132. The number of β-amino-alcohol motifs (C(OH)–C–C–N with tert-alkyl or cyclic N) is 1. The number of amides is 1. The fraction of sp³-hybridized carbons (Fsp3) is 0.467. The zero-order valence-electron chi connectivity index (χ0n) is 13.3. The summed E-state index contributed by atoms with van der Waals surface area (Å²) in [5.74, 6) is 0.438. The Bertz CT molecular complexity index is 676. The highest BCUT2D eigenvalue weighted by molar-refractivity contribution is 5.76. The van der Waals surface area contributed by atoms with Gasteiger partial charge in [-0.15, -0.1) is 10.2 Å². The van der Waals surface area contributed by atoms with Gasteiger partial charge in [-0.25, -0.2) is 4.98 Å². The molecule has 0 aliphatic carbocycles. The minimum Gasteiger partial charge on any atom is -0.390 e. The van der Waals surface area contributed by atoms with Gasteiger partial charge in [0.25, 0.3) is 0 Å². The van der Waals surface area contributed by atoms with E-state index in [4.69, 9.17) is 5.73 Å². The van der Waals surface area contributed by atoms with Crippen molar-refractivity contribution in [2.75, 3.05) is 31.9 Å². The van der Waals surface area contributed by atoms with E-state index in [0.717, 1.165) is 5.56 Å². The quantitative estimate of drug-likeness (QED) is 0.735. The van der Waals surface area contributed by atoms with Crippen LogP contribution < -0.4 is 5.73 Å². The summed E-state index contributed by atoms with van der Waals surface area (Å²) in [6, 6.07) is 3.77. The second-order valence-electron chi connectivity index (χ2n) is 5.91. The van der Waals surface area contributed by atoms with Crippen LogP contribution in [-0.4, -0.2) is 72.8 Å². The molecular formula is C15H21N7O2. The standard InChI is InChI=1S/C15H21N7O2/c16-15-12(2-1-3-17-15)6-20-4-5-22(8-13(23)7-20)14(24)9-21-10-18-19-11-21/h1-3,10-11,13,23H,4-9H2,(H2,16,17)/t13-/m0/s1. The Balaban J connectivity index is 1.60. The minimum absolute atomic E-state index is 0.0587. The van der Waals surface area contributed by atoms with Crippen molar-refractivity contribution in [3.05, 3.63) is 36.5 Å². The summed E-state index contributed by atoms with van der Waals surface area (Å²) in [6.07, 6.45) is 4.06. The molecule has 0 spiro atoms. The van der Waals surface area contributed by atoms with E-state index in [1.165, 1.54) is 12.7 Å². The number of anilines is 1. The topological polar surface area (TPSA) is 113 Å². The van der Waals surface area contributed by atoms with E-state index in [-0.39, 0.29) is 12.5 Å². The Hall–Kier alpha value is -2.52. The zero-order chi connectivity index (χ0) is 16.9. The highest BCUT2D eigenvalue weighted by Gasteiger charge is 2.24. The number of carbonyl (C=O) groups is 1. The predicted octanol–water partition coefficient (Wildman–Crippen LogP) is -1.04. The van der Waals surface area contributed by atoms with Crippen molar-refractivity contribution >= 4 is 11.7 Å². The normalized spacial score (nSPS) is 19.2. The third-order valence-electron chi connectivity index (χ3n) is 4.04. The molecule has 1 saturated heterocycles. The van der Waals surface area contributed by atoms with Gasteiger partial charge in [0.1, 0.15) is 25.0 Å². The predicted molar refractivity (Wildman–Crippen MR) is 86.5 cm³/mol. The lowest BCUT2D eigenvalue weighted by Gasteiger charge is -2.22. The fourth-order valence-corrected chi connectivity index (χ4v) is 2.81. The molecule has 0 unspecified atom stereocenters.